The molecule has 25 heavy (non-hydrogen) atoms. The molecule has 1 aromatic carbocycles. The van der Waals surface area contributed by atoms with Crippen LogP contribution in [0.25, 0.3) is 0 Å². The molecule has 0 saturated heterocycles. The van der Waals surface area contributed by atoms with Crippen molar-refractivity contribution in [3.8, 4) is 0 Å². The first-order valence-electron chi connectivity index (χ1n) is 7.69. The van der Waals surface area contributed by atoms with Gasteiger partial charge in [-0.1, -0.05) is 18.2 Å². The van der Waals surface area contributed by atoms with Crippen LogP contribution >= 0.6 is 11.3 Å². The Bertz CT molecular complexity index is 728. The third-order valence-electron chi connectivity index (χ3n) is 3.38. The number of benzene rings is 1. The van der Waals surface area contributed by atoms with Crippen LogP contribution in [0.3, 0.4) is 0 Å². The number of thiophene rings is 1. The molecule has 5 nitrogen and oxygen atoms in total. The monoisotopic (exact) mass is 363 g/mol. The summed E-state index contributed by atoms with van der Waals surface area (Å²) in [6, 6.07) is 9.09. The summed E-state index contributed by atoms with van der Waals surface area (Å²) in [6.45, 7) is 0.952. The minimum absolute atomic E-state index is 0.0467. The number of carbonyl (C=O) groups excluding carboxylic acids is 3. The van der Waals surface area contributed by atoms with Gasteiger partial charge in [0.05, 0.1) is 12.5 Å². The highest BCUT2D eigenvalue weighted by Gasteiger charge is 2.19. The Balaban J connectivity index is 1.97. The maximum Gasteiger partial charge on any atom is 0.306 e. The molecule has 0 spiro atoms. The maximum absolute atomic E-state index is 13.1. The molecule has 0 aliphatic carbocycles. The van der Waals surface area contributed by atoms with E-state index in [1.807, 2.05) is 17.5 Å². The first-order valence-corrected chi connectivity index (χ1v) is 8.57. The van der Waals surface area contributed by atoms with Gasteiger partial charge in [0.1, 0.15) is 11.6 Å². The predicted octanol–water partition coefficient (Wildman–Crippen LogP) is 3.01. The molecule has 7 heteroatoms. The molecular formula is C18H18FNO4S. The van der Waals surface area contributed by atoms with Crippen LogP contribution in [-0.2, 0) is 19.1 Å². The molecule has 0 saturated carbocycles. The van der Waals surface area contributed by atoms with Gasteiger partial charge < -0.3 is 14.8 Å². The quantitative estimate of drug-likeness (QED) is 0.732. The van der Waals surface area contributed by atoms with Gasteiger partial charge in [-0.25, -0.2) is 4.39 Å². The molecular weight excluding hydrogens is 345 g/mol. The van der Waals surface area contributed by atoms with E-state index in [0.717, 1.165) is 10.4 Å². The molecule has 0 bridgehead atoms. The molecule has 0 fully saturated rings. The largest absolute Gasteiger partial charge is 0.456 e. The summed E-state index contributed by atoms with van der Waals surface area (Å²) in [7, 11) is 0. The highest BCUT2D eigenvalue weighted by atomic mass is 32.1. The van der Waals surface area contributed by atoms with Crippen LogP contribution in [0, 0.1) is 5.82 Å². The van der Waals surface area contributed by atoms with Gasteiger partial charge in [-0.3, -0.25) is 9.59 Å². The van der Waals surface area contributed by atoms with Crippen molar-refractivity contribution in [3.63, 3.8) is 0 Å². The average Bonchev–Trinajstić information content (AvgIpc) is 3.11. The summed E-state index contributed by atoms with van der Waals surface area (Å²) < 4.78 is 18.0. The van der Waals surface area contributed by atoms with Gasteiger partial charge in [-0.05, 0) is 36.1 Å². The summed E-state index contributed by atoms with van der Waals surface area (Å²) >= 11 is 1.45. The lowest BCUT2D eigenvalue weighted by molar-refractivity contribution is -0.149. The highest BCUT2D eigenvalue weighted by Crippen LogP contribution is 2.26. The Morgan fingerprint density at radius 1 is 1.16 bits per heavy atom. The normalized spacial score (nSPS) is 11.6. The fraction of sp³-hybridized carbons (Fsp3) is 0.278. The molecule has 0 aliphatic rings. The number of rotatable bonds is 8. The number of esters is 1. The number of Topliss-reactive ketones (excluding diaryl/α,β-unsaturated/α-hetero) is 1. The first-order chi connectivity index (χ1) is 12.0. The van der Waals surface area contributed by atoms with Crippen LogP contribution in [0.5, 0.6) is 0 Å². The fourth-order valence-corrected chi connectivity index (χ4v) is 2.93. The van der Waals surface area contributed by atoms with E-state index in [1.54, 1.807) is 12.1 Å². The van der Waals surface area contributed by atoms with Crippen molar-refractivity contribution in [3.05, 3.63) is 58.0 Å². The Kier molecular flexibility index (Phi) is 6.82. The van der Waals surface area contributed by atoms with Crippen LogP contribution in [0.4, 0.5) is 4.39 Å². The molecule has 1 amide bonds. The number of amides is 1. The van der Waals surface area contributed by atoms with Gasteiger partial charge in [0.25, 0.3) is 5.91 Å². The minimum Gasteiger partial charge on any atom is -0.456 e. The van der Waals surface area contributed by atoms with Gasteiger partial charge in [0, 0.05) is 11.3 Å². The van der Waals surface area contributed by atoms with Gasteiger partial charge in [0.2, 0.25) is 0 Å². The summed E-state index contributed by atoms with van der Waals surface area (Å²) in [4.78, 5) is 35.3. The second-order valence-electron chi connectivity index (χ2n) is 5.43. The van der Waals surface area contributed by atoms with Crippen LogP contribution in [0.15, 0.2) is 41.8 Å². The minimum atomic E-state index is -0.597. The SMILES string of the molecule is CC(=O)CCC(=O)OCC(=O)N[C@@H](c1ccc(F)cc1)c1cccs1. The number of halogens is 1. The Hall–Kier alpha value is -2.54. The van der Waals surface area contributed by atoms with Gasteiger partial charge in [-0.15, -0.1) is 11.3 Å². The number of hydrogen-bond donors (Lipinski definition) is 1. The lowest BCUT2D eigenvalue weighted by Gasteiger charge is -2.18. The van der Waals surface area contributed by atoms with Crippen molar-refractivity contribution in [2.45, 2.75) is 25.8 Å². The zero-order valence-electron chi connectivity index (χ0n) is 13.7. The van der Waals surface area contributed by atoms with Crippen LogP contribution < -0.4 is 5.32 Å². The molecule has 1 aromatic heterocycles. The van der Waals surface area contributed by atoms with Crippen molar-refractivity contribution in [2.75, 3.05) is 6.61 Å². The summed E-state index contributed by atoms with van der Waals surface area (Å²) in [5.74, 6) is -1.55. The van der Waals surface area contributed by atoms with E-state index in [9.17, 15) is 18.8 Å². The molecule has 1 N–H and O–H groups in total. The number of hydrogen-bond acceptors (Lipinski definition) is 5. The fourth-order valence-electron chi connectivity index (χ4n) is 2.13. The predicted molar refractivity (Wildman–Crippen MR) is 91.6 cm³/mol. The third kappa shape index (κ3) is 6.11. The second kappa shape index (κ2) is 9.08. The van der Waals surface area contributed by atoms with Crippen molar-refractivity contribution in [1.29, 1.82) is 0 Å². The number of ketones is 1. The summed E-state index contributed by atoms with van der Waals surface area (Å²) in [5.41, 5.74) is 0.722. The van der Waals surface area contributed by atoms with E-state index < -0.39 is 24.5 Å². The zero-order valence-corrected chi connectivity index (χ0v) is 14.5. The van der Waals surface area contributed by atoms with Gasteiger partial charge in [0.15, 0.2) is 6.61 Å². The lowest BCUT2D eigenvalue weighted by Crippen LogP contribution is -2.32. The van der Waals surface area contributed by atoms with Crippen molar-refractivity contribution < 1.29 is 23.5 Å². The zero-order chi connectivity index (χ0) is 18.2. The number of ether oxygens (including phenoxy) is 1. The topological polar surface area (TPSA) is 72.5 Å². The number of nitrogens with one attached hydrogen (secondary N) is 1. The standard InChI is InChI=1S/C18H18FNO4S/c1-12(21)4-9-17(23)24-11-16(22)20-18(15-3-2-10-25-15)13-5-7-14(19)8-6-13/h2-3,5-8,10,18H,4,9,11H2,1H3,(H,20,22)/t18-/m0/s1. The van der Waals surface area contributed by atoms with Crippen molar-refractivity contribution >= 4 is 29.0 Å². The molecule has 0 radical (unpaired) electrons. The van der Waals surface area contributed by atoms with Crippen molar-refractivity contribution in [1.82, 2.24) is 5.32 Å². The Morgan fingerprint density at radius 2 is 1.88 bits per heavy atom. The van der Waals surface area contributed by atoms with Gasteiger partial charge in [-0.2, -0.15) is 0 Å². The van der Waals surface area contributed by atoms with E-state index in [2.05, 4.69) is 5.32 Å². The molecule has 1 atom stereocenters. The smallest absolute Gasteiger partial charge is 0.306 e. The average molecular weight is 363 g/mol. The van der Waals surface area contributed by atoms with E-state index in [-0.39, 0.29) is 24.4 Å². The lowest BCUT2D eigenvalue weighted by atomic mass is 10.1. The summed E-state index contributed by atoms with van der Waals surface area (Å²) in [5, 5.41) is 4.66. The van der Waals surface area contributed by atoms with E-state index in [1.165, 1.54) is 30.4 Å². The first kappa shape index (κ1) is 18.8. The summed E-state index contributed by atoms with van der Waals surface area (Å²) in [6.07, 6.45) is 0.0444. The van der Waals surface area contributed by atoms with Crippen molar-refractivity contribution in [2.24, 2.45) is 0 Å². The molecule has 0 unspecified atom stereocenters. The molecule has 132 valence electrons. The van der Waals surface area contributed by atoms with E-state index >= 15 is 0 Å². The highest BCUT2D eigenvalue weighted by molar-refractivity contribution is 7.10. The third-order valence-corrected chi connectivity index (χ3v) is 4.32. The van der Waals surface area contributed by atoms with Crippen LogP contribution in [-0.4, -0.2) is 24.3 Å². The van der Waals surface area contributed by atoms with E-state index in [0.29, 0.717) is 0 Å². The molecule has 2 rings (SSSR count). The van der Waals surface area contributed by atoms with Crippen LogP contribution in [0.2, 0.25) is 0 Å². The number of carbonyl (C=O) groups is 3. The van der Waals surface area contributed by atoms with Gasteiger partial charge >= 0.3 is 5.97 Å². The molecule has 1 heterocycles. The maximum atomic E-state index is 13.1. The Morgan fingerprint density at radius 3 is 2.48 bits per heavy atom. The van der Waals surface area contributed by atoms with Crippen LogP contribution in [0.1, 0.15) is 36.2 Å². The second-order valence-corrected chi connectivity index (χ2v) is 6.41. The van der Waals surface area contributed by atoms with E-state index in [4.69, 9.17) is 4.74 Å². The Labute approximate surface area is 148 Å². The molecule has 2 aromatic rings. The molecule has 0 aliphatic heterocycles.